The number of rotatable bonds is 7. The van der Waals surface area contributed by atoms with E-state index in [1.54, 1.807) is 6.92 Å². The molecule has 0 saturated heterocycles. The number of pyridine rings is 1. The standard InChI is InChI=1S/C17H15F3N4O5S/c1-2-27-9-14-23-24-16(28-14)15-13(21)7-12(8-22-15)30(25,26)11-5-3-10(4-6-11)29-17(18,19)20/h3-8H,2,9,21H2,1H3. The Bertz CT molecular complexity index is 1130. The van der Waals surface area contributed by atoms with Gasteiger partial charge in [-0.2, -0.15) is 0 Å². The molecule has 13 heteroatoms. The van der Waals surface area contributed by atoms with Crippen LogP contribution < -0.4 is 10.5 Å². The van der Waals surface area contributed by atoms with Crippen LogP contribution in [-0.2, 0) is 21.2 Å². The molecule has 0 spiro atoms. The Morgan fingerprint density at radius 1 is 1.13 bits per heavy atom. The smallest absolute Gasteiger partial charge is 0.417 e. The van der Waals surface area contributed by atoms with E-state index in [4.69, 9.17) is 14.9 Å². The largest absolute Gasteiger partial charge is 0.573 e. The molecule has 0 bridgehead atoms. The number of aromatic nitrogens is 3. The van der Waals surface area contributed by atoms with Crippen molar-refractivity contribution in [1.29, 1.82) is 0 Å². The summed E-state index contributed by atoms with van der Waals surface area (Å²) in [7, 11) is -4.09. The zero-order valence-electron chi connectivity index (χ0n) is 15.4. The lowest BCUT2D eigenvalue weighted by atomic mass is 10.3. The van der Waals surface area contributed by atoms with E-state index in [1.165, 1.54) is 0 Å². The van der Waals surface area contributed by atoms with E-state index in [0.29, 0.717) is 6.61 Å². The predicted molar refractivity (Wildman–Crippen MR) is 95.8 cm³/mol. The minimum absolute atomic E-state index is 0.0141. The van der Waals surface area contributed by atoms with Crippen molar-refractivity contribution in [3.63, 3.8) is 0 Å². The van der Waals surface area contributed by atoms with Gasteiger partial charge in [0.25, 0.3) is 5.89 Å². The third kappa shape index (κ3) is 4.86. The van der Waals surface area contributed by atoms with Gasteiger partial charge < -0.3 is 19.6 Å². The topological polar surface area (TPSA) is 130 Å². The molecule has 0 aliphatic carbocycles. The molecule has 0 radical (unpaired) electrons. The molecule has 1 aromatic carbocycles. The molecular weight excluding hydrogens is 429 g/mol. The molecule has 0 fully saturated rings. The Labute approximate surface area is 168 Å². The minimum atomic E-state index is -4.88. The fourth-order valence-corrected chi connectivity index (χ4v) is 3.58. The summed E-state index contributed by atoms with van der Waals surface area (Å²) in [5.74, 6) is -0.362. The second-order valence-corrected chi connectivity index (χ2v) is 7.72. The number of alkyl halides is 3. The molecule has 3 rings (SSSR count). The van der Waals surface area contributed by atoms with Crippen LogP contribution in [-0.4, -0.2) is 36.6 Å². The summed E-state index contributed by atoms with van der Waals surface area (Å²) in [6.07, 6.45) is -3.85. The van der Waals surface area contributed by atoms with Gasteiger partial charge in [0.15, 0.2) is 5.69 Å². The van der Waals surface area contributed by atoms with Crippen molar-refractivity contribution in [3.8, 4) is 17.3 Å². The zero-order chi connectivity index (χ0) is 21.9. The number of nitrogen functional groups attached to an aromatic ring is 1. The van der Waals surface area contributed by atoms with Gasteiger partial charge in [-0.3, -0.25) is 0 Å². The highest BCUT2D eigenvalue weighted by Crippen LogP contribution is 2.29. The number of sulfone groups is 1. The summed E-state index contributed by atoms with van der Waals surface area (Å²) < 4.78 is 76.4. The lowest BCUT2D eigenvalue weighted by Crippen LogP contribution is -2.17. The lowest BCUT2D eigenvalue weighted by Gasteiger charge is -2.10. The molecule has 3 aromatic rings. The van der Waals surface area contributed by atoms with Crippen molar-refractivity contribution >= 4 is 15.5 Å². The maximum Gasteiger partial charge on any atom is 0.573 e. The molecule has 0 aliphatic rings. The summed E-state index contributed by atoms with van der Waals surface area (Å²) in [4.78, 5) is 3.46. The molecule has 2 aromatic heterocycles. The third-order valence-electron chi connectivity index (χ3n) is 3.67. The molecule has 0 saturated carbocycles. The van der Waals surface area contributed by atoms with E-state index < -0.39 is 21.9 Å². The summed E-state index contributed by atoms with van der Waals surface area (Å²) in [5, 5.41) is 7.57. The number of nitrogens with zero attached hydrogens (tertiary/aromatic N) is 3. The van der Waals surface area contributed by atoms with Crippen molar-refractivity contribution in [3.05, 3.63) is 42.4 Å². The van der Waals surface area contributed by atoms with E-state index in [-0.39, 0.29) is 39.6 Å². The third-order valence-corrected chi connectivity index (χ3v) is 5.41. The number of nitrogens with two attached hydrogens (primary N) is 1. The van der Waals surface area contributed by atoms with E-state index in [1.807, 2.05) is 0 Å². The number of benzene rings is 1. The highest BCUT2D eigenvalue weighted by Gasteiger charge is 2.31. The van der Waals surface area contributed by atoms with E-state index in [2.05, 4.69) is 19.9 Å². The second kappa shape index (κ2) is 8.28. The monoisotopic (exact) mass is 444 g/mol. The van der Waals surface area contributed by atoms with Crippen LogP contribution in [0.4, 0.5) is 18.9 Å². The number of halogens is 3. The fourth-order valence-electron chi connectivity index (χ4n) is 2.34. The summed E-state index contributed by atoms with van der Waals surface area (Å²) in [5.41, 5.74) is 5.94. The van der Waals surface area contributed by atoms with Gasteiger partial charge in [0.05, 0.1) is 15.5 Å². The molecule has 0 aliphatic heterocycles. The Hall–Kier alpha value is -3.19. The molecular formula is C17H15F3N4O5S. The van der Waals surface area contributed by atoms with Crippen LogP contribution in [0, 0.1) is 0 Å². The van der Waals surface area contributed by atoms with Gasteiger partial charge in [-0.1, -0.05) is 0 Å². The average molecular weight is 444 g/mol. The minimum Gasteiger partial charge on any atom is -0.417 e. The van der Waals surface area contributed by atoms with Crippen molar-refractivity contribution < 1.29 is 35.5 Å². The highest BCUT2D eigenvalue weighted by atomic mass is 32.2. The van der Waals surface area contributed by atoms with E-state index >= 15 is 0 Å². The lowest BCUT2D eigenvalue weighted by molar-refractivity contribution is -0.274. The first kappa shape index (κ1) is 21.5. The van der Waals surface area contributed by atoms with Crippen molar-refractivity contribution in [1.82, 2.24) is 15.2 Å². The van der Waals surface area contributed by atoms with Gasteiger partial charge in [-0.25, -0.2) is 13.4 Å². The molecule has 0 unspecified atom stereocenters. The first-order chi connectivity index (χ1) is 14.1. The van der Waals surface area contributed by atoms with Gasteiger partial charge in [-0.05, 0) is 37.3 Å². The molecule has 0 atom stereocenters. The Morgan fingerprint density at radius 3 is 2.43 bits per heavy atom. The average Bonchev–Trinajstić information content (AvgIpc) is 3.14. The highest BCUT2D eigenvalue weighted by molar-refractivity contribution is 7.91. The van der Waals surface area contributed by atoms with Gasteiger partial charge in [-0.15, -0.1) is 23.4 Å². The summed E-state index contributed by atoms with van der Waals surface area (Å²) in [6.45, 7) is 2.35. The number of hydrogen-bond acceptors (Lipinski definition) is 9. The molecule has 30 heavy (non-hydrogen) atoms. The molecule has 0 amide bonds. The SMILES string of the molecule is CCOCc1nnc(-c2ncc(S(=O)(=O)c3ccc(OC(F)(F)F)cc3)cc2N)o1. The maximum atomic E-state index is 12.7. The van der Waals surface area contributed by atoms with Crippen LogP contribution in [0.5, 0.6) is 5.75 Å². The first-order valence-corrected chi connectivity index (χ1v) is 9.85. The van der Waals surface area contributed by atoms with Gasteiger partial charge in [0.2, 0.25) is 15.7 Å². The van der Waals surface area contributed by atoms with Gasteiger partial charge in [0, 0.05) is 12.8 Å². The van der Waals surface area contributed by atoms with Gasteiger partial charge in [0.1, 0.15) is 12.4 Å². The van der Waals surface area contributed by atoms with Crippen LogP contribution >= 0.6 is 0 Å². The Morgan fingerprint density at radius 2 is 1.83 bits per heavy atom. The fraction of sp³-hybridized carbons (Fsp3) is 0.235. The number of hydrogen-bond donors (Lipinski definition) is 1. The Kier molecular flexibility index (Phi) is 5.94. The van der Waals surface area contributed by atoms with Crippen molar-refractivity contribution in [2.45, 2.75) is 29.7 Å². The van der Waals surface area contributed by atoms with Crippen LogP contribution in [0.3, 0.4) is 0 Å². The molecule has 2 heterocycles. The quantitative estimate of drug-likeness (QED) is 0.584. The number of ether oxygens (including phenoxy) is 2. The van der Waals surface area contributed by atoms with E-state index in [0.717, 1.165) is 36.5 Å². The number of anilines is 1. The summed E-state index contributed by atoms with van der Waals surface area (Å²) in [6, 6.07) is 4.90. The van der Waals surface area contributed by atoms with Crippen LogP contribution in [0.15, 0.2) is 50.7 Å². The van der Waals surface area contributed by atoms with Crippen LogP contribution in [0.25, 0.3) is 11.6 Å². The van der Waals surface area contributed by atoms with Crippen molar-refractivity contribution in [2.75, 3.05) is 12.3 Å². The van der Waals surface area contributed by atoms with E-state index in [9.17, 15) is 21.6 Å². The van der Waals surface area contributed by atoms with Gasteiger partial charge >= 0.3 is 6.36 Å². The van der Waals surface area contributed by atoms with Crippen LogP contribution in [0.1, 0.15) is 12.8 Å². The molecule has 2 N–H and O–H groups in total. The second-order valence-electron chi connectivity index (χ2n) is 5.77. The first-order valence-electron chi connectivity index (χ1n) is 8.37. The maximum absolute atomic E-state index is 12.7. The molecule has 9 nitrogen and oxygen atoms in total. The Balaban J connectivity index is 1.85. The normalized spacial score (nSPS) is 12.1. The molecule has 160 valence electrons. The summed E-state index contributed by atoms with van der Waals surface area (Å²) >= 11 is 0. The zero-order valence-corrected chi connectivity index (χ0v) is 16.2. The van der Waals surface area contributed by atoms with Crippen LogP contribution in [0.2, 0.25) is 0 Å². The van der Waals surface area contributed by atoms with Crippen molar-refractivity contribution in [2.24, 2.45) is 0 Å². The predicted octanol–water partition coefficient (Wildman–Crippen LogP) is 2.98.